The molecule has 1 aliphatic rings. The molecule has 2 heterocycles. The second-order valence-electron chi connectivity index (χ2n) is 6.32. The molecule has 6 heteroatoms. The van der Waals surface area contributed by atoms with Gasteiger partial charge < -0.3 is 5.73 Å². The van der Waals surface area contributed by atoms with Crippen molar-refractivity contribution in [2.45, 2.75) is 19.4 Å². The predicted octanol–water partition coefficient (Wildman–Crippen LogP) is 1.18. The first-order chi connectivity index (χ1) is 11.3. The Morgan fingerprint density at radius 3 is 2.71 bits per heavy atom. The summed E-state index contributed by atoms with van der Waals surface area (Å²) >= 11 is 0. The van der Waals surface area contributed by atoms with Crippen LogP contribution in [0.2, 0.25) is 0 Å². The van der Waals surface area contributed by atoms with Gasteiger partial charge in [-0.25, -0.2) is 4.99 Å². The monoisotopic (exact) mass is 318 g/mol. The average molecular weight is 318 g/mol. The van der Waals surface area contributed by atoms with Crippen molar-refractivity contribution in [3.05, 3.63) is 48.3 Å². The first-order valence-corrected chi connectivity index (χ1v) is 7.77. The fourth-order valence-corrected chi connectivity index (χ4v) is 3.00. The summed E-state index contributed by atoms with van der Waals surface area (Å²) in [5, 5.41) is 0. The molecule has 1 aromatic heterocycles. The molecule has 0 fully saturated rings. The van der Waals surface area contributed by atoms with E-state index in [2.05, 4.69) is 9.98 Å². The Kier molecular flexibility index (Phi) is 3.91. The number of pyridine rings is 1. The average Bonchev–Trinajstić information content (AvgIpc) is 2.58. The number of rotatable bonds is 2. The summed E-state index contributed by atoms with van der Waals surface area (Å²) in [6.45, 7) is 3.82. The van der Waals surface area contributed by atoms with Gasteiger partial charge in [0, 0.05) is 19.4 Å². The maximum atomic E-state index is 12.5. The third kappa shape index (κ3) is 2.58. The van der Waals surface area contributed by atoms with Gasteiger partial charge in [-0.1, -0.05) is 36.7 Å². The van der Waals surface area contributed by atoms with Gasteiger partial charge in [0.05, 0.1) is 11.5 Å². The van der Waals surface area contributed by atoms with E-state index in [-0.39, 0.29) is 17.8 Å². The first kappa shape index (κ1) is 16.2. The van der Waals surface area contributed by atoms with Gasteiger partial charge in [0.15, 0.2) is 5.96 Å². The third-order valence-corrected chi connectivity index (χ3v) is 4.77. The number of carbonyl (C=O) groups is 1. The quantitative estimate of drug-likeness (QED) is 0.845. The molecule has 0 saturated carbocycles. The second kappa shape index (κ2) is 5.78. The topological polar surface area (TPSA) is 71.6 Å². The number of nitrogens with zero attached hydrogens (tertiary/aromatic N) is 3. The molecule has 0 aliphatic carbocycles. The number of hydrogen-bond acceptors (Lipinski definition) is 4. The largest absolute Gasteiger partial charge is 0.369 e. The van der Waals surface area contributed by atoms with Crippen molar-refractivity contribution in [3.8, 4) is 11.1 Å². The van der Waals surface area contributed by atoms with Crippen molar-refractivity contribution in [3.63, 3.8) is 0 Å². The van der Waals surface area contributed by atoms with Crippen molar-refractivity contribution < 1.29 is 4.79 Å². The van der Waals surface area contributed by atoms with Gasteiger partial charge in [-0.3, -0.25) is 14.7 Å². The molecule has 2 radical (unpaired) electrons. The smallest absolute Gasteiger partial charge is 0.234 e. The Morgan fingerprint density at radius 1 is 1.25 bits per heavy atom. The van der Waals surface area contributed by atoms with E-state index in [1.54, 1.807) is 19.4 Å². The summed E-state index contributed by atoms with van der Waals surface area (Å²) in [5.74, 6) is -0.123. The van der Waals surface area contributed by atoms with Crippen molar-refractivity contribution in [1.82, 2.24) is 9.88 Å². The highest BCUT2D eigenvalue weighted by Gasteiger charge is 2.43. The van der Waals surface area contributed by atoms with Crippen molar-refractivity contribution >= 4 is 25.2 Å². The van der Waals surface area contributed by atoms with Crippen molar-refractivity contribution in [2.24, 2.45) is 16.6 Å². The van der Waals surface area contributed by atoms with Crippen LogP contribution in [0.5, 0.6) is 0 Å². The van der Waals surface area contributed by atoms with Crippen LogP contribution in [0.4, 0.5) is 0 Å². The van der Waals surface area contributed by atoms with Crippen LogP contribution in [-0.4, -0.2) is 36.6 Å². The van der Waals surface area contributed by atoms with Gasteiger partial charge in [-0.05, 0) is 29.7 Å². The van der Waals surface area contributed by atoms with Crippen molar-refractivity contribution in [1.29, 1.82) is 0 Å². The van der Waals surface area contributed by atoms with E-state index < -0.39 is 5.54 Å². The van der Waals surface area contributed by atoms with E-state index in [1.807, 2.05) is 44.2 Å². The molecular weight excluding hydrogens is 299 g/mol. The highest BCUT2D eigenvalue weighted by molar-refractivity contribution is 6.32. The summed E-state index contributed by atoms with van der Waals surface area (Å²) in [7, 11) is 7.47. The van der Waals surface area contributed by atoms with Gasteiger partial charge in [-0.15, -0.1) is 0 Å². The van der Waals surface area contributed by atoms with Gasteiger partial charge in [0.25, 0.3) is 0 Å². The van der Waals surface area contributed by atoms with Crippen LogP contribution < -0.4 is 11.2 Å². The molecule has 1 aliphatic heterocycles. The maximum absolute atomic E-state index is 12.5. The molecule has 3 rings (SSSR count). The van der Waals surface area contributed by atoms with Crippen LogP contribution in [0, 0.1) is 5.92 Å². The zero-order valence-corrected chi connectivity index (χ0v) is 14.0. The molecule has 2 aromatic rings. The third-order valence-electron chi connectivity index (χ3n) is 4.77. The van der Waals surface area contributed by atoms with E-state index in [1.165, 1.54) is 4.90 Å². The number of aliphatic imine (C=N–C) groups is 1. The van der Waals surface area contributed by atoms with Crippen LogP contribution in [0.25, 0.3) is 11.1 Å². The van der Waals surface area contributed by atoms with E-state index in [9.17, 15) is 4.79 Å². The number of carbonyl (C=O) groups excluding carboxylic acids is 1. The highest BCUT2D eigenvalue weighted by Crippen LogP contribution is 2.38. The molecule has 0 unspecified atom stereocenters. The minimum absolute atomic E-state index is 0.0407. The minimum atomic E-state index is -0.711. The fourth-order valence-electron chi connectivity index (χ4n) is 3.00. The summed E-state index contributed by atoms with van der Waals surface area (Å²) in [5.41, 5.74) is 8.66. The van der Waals surface area contributed by atoms with Crippen LogP contribution in [0.1, 0.15) is 19.4 Å². The Labute approximate surface area is 143 Å². The number of nitrogens with two attached hydrogens (primary N) is 1. The molecule has 24 heavy (non-hydrogen) atoms. The number of amides is 1. The normalized spacial score (nSPS) is 24.0. The number of benzene rings is 1. The zero-order valence-electron chi connectivity index (χ0n) is 14.0. The van der Waals surface area contributed by atoms with E-state index in [0.29, 0.717) is 5.46 Å². The molecular formula is C18H19BN4O. The van der Waals surface area contributed by atoms with Gasteiger partial charge in [-0.2, -0.15) is 0 Å². The lowest BCUT2D eigenvalue weighted by molar-refractivity contribution is -0.133. The van der Waals surface area contributed by atoms with E-state index >= 15 is 0 Å². The van der Waals surface area contributed by atoms with E-state index in [4.69, 9.17) is 13.6 Å². The van der Waals surface area contributed by atoms with Gasteiger partial charge in [0.2, 0.25) is 5.91 Å². The zero-order chi connectivity index (χ0) is 17.5. The first-order valence-electron chi connectivity index (χ1n) is 7.77. The number of guanidine groups is 1. The fraction of sp³-hybridized carbons (Fsp3) is 0.278. The van der Waals surface area contributed by atoms with Gasteiger partial charge >= 0.3 is 0 Å². The summed E-state index contributed by atoms with van der Waals surface area (Å²) in [4.78, 5) is 22.6. The SMILES string of the molecule is [B]c1cncc(-c2cccc([C@@]3(C)N=C(N)N(C)C(=O)[C@H]3C)c2)c1. The Balaban J connectivity index is 2.10. The molecule has 1 amide bonds. The Bertz CT molecular complexity index is 835. The number of hydrogen-bond donors (Lipinski definition) is 1. The molecule has 0 bridgehead atoms. The van der Waals surface area contributed by atoms with E-state index in [0.717, 1.165) is 16.7 Å². The number of aromatic nitrogens is 1. The summed E-state index contributed by atoms with van der Waals surface area (Å²) in [6.07, 6.45) is 3.37. The van der Waals surface area contributed by atoms with Crippen molar-refractivity contribution in [2.75, 3.05) is 7.05 Å². The van der Waals surface area contributed by atoms with Crippen LogP contribution in [0.3, 0.4) is 0 Å². The molecule has 2 atom stereocenters. The lowest BCUT2D eigenvalue weighted by Gasteiger charge is -2.39. The second-order valence-corrected chi connectivity index (χ2v) is 6.32. The lowest BCUT2D eigenvalue weighted by atomic mass is 9.78. The molecule has 0 spiro atoms. The van der Waals surface area contributed by atoms with Gasteiger partial charge in [0.1, 0.15) is 7.85 Å². The summed E-state index contributed by atoms with van der Waals surface area (Å²) < 4.78 is 0. The van der Waals surface area contributed by atoms with Crippen LogP contribution in [-0.2, 0) is 10.3 Å². The Morgan fingerprint density at radius 2 is 2.00 bits per heavy atom. The Hall–Kier alpha value is -2.63. The molecule has 5 nitrogen and oxygen atoms in total. The highest BCUT2D eigenvalue weighted by atomic mass is 16.2. The molecule has 2 N–H and O–H groups in total. The molecule has 120 valence electrons. The van der Waals surface area contributed by atoms with Crippen LogP contribution >= 0.6 is 0 Å². The minimum Gasteiger partial charge on any atom is -0.369 e. The maximum Gasteiger partial charge on any atom is 0.234 e. The predicted molar refractivity (Wildman–Crippen MR) is 96.0 cm³/mol. The lowest BCUT2D eigenvalue weighted by Crippen LogP contribution is -2.52. The molecule has 0 saturated heterocycles. The summed E-state index contributed by atoms with van der Waals surface area (Å²) in [6, 6.07) is 9.78. The van der Waals surface area contributed by atoms with Crippen LogP contribution in [0.15, 0.2) is 47.7 Å². The molecule has 1 aromatic carbocycles. The standard InChI is InChI=1S/C18H19BN4O/c1-11-16(24)23(3)17(20)22-18(11,2)14-6-4-5-12(7-14)13-8-15(19)10-21-9-13/h4-11H,1-3H3,(H2,20,22)/t11-,18+/m1/s1.